The number of benzene rings is 1. The van der Waals surface area contributed by atoms with Crippen LogP contribution in [0.1, 0.15) is 38.9 Å². The molecule has 0 saturated carbocycles. The van der Waals surface area contributed by atoms with Crippen molar-refractivity contribution in [2.75, 3.05) is 6.54 Å². The minimum Gasteiger partial charge on any atom is -0.328 e. The third-order valence-electron chi connectivity index (χ3n) is 4.51. The molecule has 3 rings (SSSR count). The van der Waals surface area contributed by atoms with E-state index in [1.165, 1.54) is 24.2 Å². The zero-order chi connectivity index (χ0) is 13.9. The first-order valence-electron chi connectivity index (χ1n) is 7.97. The highest BCUT2D eigenvalue weighted by molar-refractivity contribution is 5.75. The van der Waals surface area contributed by atoms with Gasteiger partial charge in [0.25, 0.3) is 0 Å². The third-order valence-corrected chi connectivity index (χ3v) is 4.51. The normalized spacial score (nSPS) is 23.3. The van der Waals surface area contributed by atoms with Gasteiger partial charge in [-0.05, 0) is 43.9 Å². The van der Waals surface area contributed by atoms with E-state index in [2.05, 4.69) is 48.0 Å². The molecule has 2 unspecified atom stereocenters. The second-order valence-electron chi connectivity index (χ2n) is 6.05. The molecule has 20 heavy (non-hydrogen) atoms. The molecule has 3 nitrogen and oxygen atoms in total. The smallest absolute Gasteiger partial charge is 0.111 e. The van der Waals surface area contributed by atoms with Gasteiger partial charge in [-0.2, -0.15) is 0 Å². The van der Waals surface area contributed by atoms with Gasteiger partial charge >= 0.3 is 0 Å². The number of rotatable bonds is 4. The molecule has 0 bridgehead atoms. The quantitative estimate of drug-likeness (QED) is 0.924. The molecule has 1 fully saturated rings. The van der Waals surface area contributed by atoms with Crippen molar-refractivity contribution in [2.45, 2.75) is 52.1 Å². The summed E-state index contributed by atoms with van der Waals surface area (Å²) in [6, 6.07) is 9.09. The number of fused-ring (bicyclic) bond motifs is 1. The van der Waals surface area contributed by atoms with Crippen molar-refractivity contribution in [1.82, 2.24) is 14.9 Å². The second-order valence-corrected chi connectivity index (χ2v) is 6.05. The minimum atomic E-state index is 0.580. The van der Waals surface area contributed by atoms with E-state index in [4.69, 9.17) is 4.98 Å². The Morgan fingerprint density at radius 2 is 2.20 bits per heavy atom. The van der Waals surface area contributed by atoms with Crippen LogP contribution in [0.2, 0.25) is 0 Å². The van der Waals surface area contributed by atoms with Gasteiger partial charge in [-0.25, -0.2) is 4.98 Å². The van der Waals surface area contributed by atoms with Gasteiger partial charge in [-0.3, -0.25) is 0 Å². The maximum atomic E-state index is 4.88. The van der Waals surface area contributed by atoms with Crippen LogP contribution in [0.25, 0.3) is 11.0 Å². The predicted octanol–water partition coefficient (Wildman–Crippen LogP) is 3.38. The summed E-state index contributed by atoms with van der Waals surface area (Å²) in [5.41, 5.74) is 2.42. The molecular weight excluding hydrogens is 246 g/mol. The third kappa shape index (κ3) is 2.59. The first-order chi connectivity index (χ1) is 9.79. The van der Waals surface area contributed by atoms with Gasteiger partial charge in [0.1, 0.15) is 5.82 Å². The van der Waals surface area contributed by atoms with E-state index in [0.717, 1.165) is 37.4 Å². The van der Waals surface area contributed by atoms with E-state index in [-0.39, 0.29) is 0 Å². The molecule has 1 aliphatic heterocycles. The second kappa shape index (κ2) is 5.96. The van der Waals surface area contributed by atoms with E-state index in [1.54, 1.807) is 0 Å². The highest BCUT2D eigenvalue weighted by Crippen LogP contribution is 2.22. The summed E-state index contributed by atoms with van der Waals surface area (Å²) in [6.07, 6.45) is 4.85. The summed E-state index contributed by atoms with van der Waals surface area (Å²) in [7, 11) is 0. The van der Waals surface area contributed by atoms with Crippen molar-refractivity contribution in [3.8, 4) is 0 Å². The number of hydrogen-bond donors (Lipinski definition) is 1. The van der Waals surface area contributed by atoms with Crippen LogP contribution >= 0.6 is 0 Å². The molecule has 1 saturated heterocycles. The molecule has 0 spiro atoms. The molecule has 1 aromatic heterocycles. The van der Waals surface area contributed by atoms with Gasteiger partial charge in [0.2, 0.25) is 0 Å². The summed E-state index contributed by atoms with van der Waals surface area (Å²) >= 11 is 0. The van der Waals surface area contributed by atoms with Crippen molar-refractivity contribution in [3.63, 3.8) is 0 Å². The zero-order valence-corrected chi connectivity index (χ0v) is 12.6. The topological polar surface area (TPSA) is 29.9 Å². The molecule has 0 aliphatic carbocycles. The van der Waals surface area contributed by atoms with Crippen LogP contribution in [0.3, 0.4) is 0 Å². The monoisotopic (exact) mass is 271 g/mol. The van der Waals surface area contributed by atoms with Crippen LogP contribution in [0.5, 0.6) is 0 Å². The van der Waals surface area contributed by atoms with Crippen molar-refractivity contribution in [1.29, 1.82) is 0 Å². The highest BCUT2D eigenvalue weighted by atomic mass is 15.1. The predicted molar refractivity (Wildman–Crippen MR) is 83.9 cm³/mol. The number of para-hydroxylation sites is 2. The van der Waals surface area contributed by atoms with Crippen molar-refractivity contribution in [3.05, 3.63) is 30.1 Å². The SMILES string of the molecule is CCCn1c(CC2NCCCC2C)nc2ccccc21. The summed E-state index contributed by atoms with van der Waals surface area (Å²) in [5, 5.41) is 3.68. The van der Waals surface area contributed by atoms with Crippen LogP contribution in [0, 0.1) is 5.92 Å². The van der Waals surface area contributed by atoms with Gasteiger partial charge < -0.3 is 9.88 Å². The molecular formula is C17H25N3. The Labute approximate surface area is 121 Å². The standard InChI is InChI=1S/C17H25N3/c1-3-11-20-16-9-5-4-8-14(16)19-17(20)12-15-13(2)7-6-10-18-15/h4-5,8-9,13,15,18H,3,6-7,10-12H2,1-2H3. The Morgan fingerprint density at radius 3 is 3.00 bits per heavy atom. The highest BCUT2D eigenvalue weighted by Gasteiger charge is 2.23. The van der Waals surface area contributed by atoms with Crippen LogP contribution in [-0.2, 0) is 13.0 Å². The Balaban J connectivity index is 1.91. The molecule has 3 heteroatoms. The van der Waals surface area contributed by atoms with Crippen molar-refractivity contribution < 1.29 is 0 Å². The summed E-state index contributed by atoms with van der Waals surface area (Å²) in [5.74, 6) is 2.00. The first kappa shape index (κ1) is 13.6. The van der Waals surface area contributed by atoms with Gasteiger partial charge in [0.15, 0.2) is 0 Å². The Bertz CT molecular complexity index is 573. The average Bonchev–Trinajstić information content (AvgIpc) is 2.80. The Hall–Kier alpha value is -1.35. The lowest BCUT2D eigenvalue weighted by Crippen LogP contribution is -2.42. The van der Waals surface area contributed by atoms with Crippen LogP contribution in [0.15, 0.2) is 24.3 Å². The van der Waals surface area contributed by atoms with E-state index in [9.17, 15) is 0 Å². The number of aryl methyl sites for hydroxylation is 1. The van der Waals surface area contributed by atoms with Gasteiger partial charge in [0.05, 0.1) is 11.0 Å². The lowest BCUT2D eigenvalue weighted by Gasteiger charge is -2.30. The molecule has 0 amide bonds. The fourth-order valence-corrected chi connectivity index (χ4v) is 3.34. The Morgan fingerprint density at radius 1 is 1.35 bits per heavy atom. The van der Waals surface area contributed by atoms with Crippen LogP contribution in [-0.4, -0.2) is 22.1 Å². The lowest BCUT2D eigenvalue weighted by molar-refractivity contribution is 0.293. The van der Waals surface area contributed by atoms with E-state index in [0.29, 0.717) is 6.04 Å². The molecule has 2 atom stereocenters. The minimum absolute atomic E-state index is 0.580. The maximum absolute atomic E-state index is 4.88. The van der Waals surface area contributed by atoms with Gasteiger partial charge in [-0.1, -0.05) is 26.0 Å². The van der Waals surface area contributed by atoms with Crippen molar-refractivity contribution >= 4 is 11.0 Å². The van der Waals surface area contributed by atoms with Crippen LogP contribution < -0.4 is 5.32 Å². The molecule has 1 aromatic carbocycles. The van der Waals surface area contributed by atoms with E-state index < -0.39 is 0 Å². The average molecular weight is 271 g/mol. The van der Waals surface area contributed by atoms with Crippen LogP contribution in [0.4, 0.5) is 0 Å². The summed E-state index contributed by atoms with van der Waals surface area (Å²) in [4.78, 5) is 4.88. The van der Waals surface area contributed by atoms with Gasteiger partial charge in [-0.15, -0.1) is 0 Å². The fraction of sp³-hybridized carbons (Fsp3) is 0.588. The molecule has 0 radical (unpaired) electrons. The fourth-order valence-electron chi connectivity index (χ4n) is 3.34. The lowest BCUT2D eigenvalue weighted by atomic mass is 9.90. The number of imidazole rings is 1. The molecule has 1 N–H and O–H groups in total. The molecule has 108 valence electrons. The first-order valence-corrected chi connectivity index (χ1v) is 7.97. The van der Waals surface area contributed by atoms with Crippen molar-refractivity contribution in [2.24, 2.45) is 5.92 Å². The number of piperidine rings is 1. The summed E-state index contributed by atoms with van der Waals surface area (Å²) in [6.45, 7) is 6.82. The number of aromatic nitrogens is 2. The largest absolute Gasteiger partial charge is 0.328 e. The maximum Gasteiger partial charge on any atom is 0.111 e. The summed E-state index contributed by atoms with van der Waals surface area (Å²) < 4.78 is 2.42. The molecule has 2 aromatic rings. The molecule has 2 heterocycles. The zero-order valence-electron chi connectivity index (χ0n) is 12.6. The molecule has 1 aliphatic rings. The number of hydrogen-bond acceptors (Lipinski definition) is 2. The number of nitrogens with zero attached hydrogens (tertiary/aromatic N) is 2. The Kier molecular flexibility index (Phi) is 4.06. The van der Waals surface area contributed by atoms with Gasteiger partial charge in [0, 0.05) is 19.0 Å². The number of nitrogens with one attached hydrogen (secondary N) is 1. The van der Waals surface area contributed by atoms with E-state index >= 15 is 0 Å². The van der Waals surface area contributed by atoms with E-state index in [1.807, 2.05) is 0 Å².